The fourth-order valence-electron chi connectivity index (χ4n) is 3.95. The van der Waals surface area contributed by atoms with Gasteiger partial charge in [-0.15, -0.1) is 0 Å². The second-order valence-electron chi connectivity index (χ2n) is 9.80. The summed E-state index contributed by atoms with van der Waals surface area (Å²) in [6, 6.07) is 3.87. The fraction of sp³-hybridized carbons (Fsp3) is 0.538. The Morgan fingerprint density at radius 1 is 0.972 bits per heavy atom. The van der Waals surface area contributed by atoms with Crippen molar-refractivity contribution in [2.45, 2.75) is 78.0 Å². The standard InChI is InChI=1S/C26H39N5O5/c1-6-15(4)22(25(34)30-21(26(35)36)11-14(2)3)31-23(32)16(5)29-24(33)19(27)12-17-13-28-20-10-8-7-9-18(17)20/h7-10,13-16,19,21-22,28H,6,11-12,27H2,1-5H3,(H,29,33)(H,30,34)(H,31,32)(H,35,36). The van der Waals surface area contributed by atoms with Gasteiger partial charge >= 0.3 is 5.97 Å². The van der Waals surface area contributed by atoms with E-state index in [0.717, 1.165) is 16.5 Å². The van der Waals surface area contributed by atoms with E-state index in [0.29, 0.717) is 6.42 Å². The Hall–Kier alpha value is -3.40. The minimum Gasteiger partial charge on any atom is -0.480 e. The Kier molecular flexibility index (Phi) is 10.5. The predicted octanol–water partition coefficient (Wildman–Crippen LogP) is 1.69. The lowest BCUT2D eigenvalue weighted by atomic mass is 9.96. The summed E-state index contributed by atoms with van der Waals surface area (Å²) in [5, 5.41) is 18.3. The molecule has 0 spiro atoms. The lowest BCUT2D eigenvalue weighted by Gasteiger charge is -2.27. The van der Waals surface area contributed by atoms with Crippen LogP contribution in [0, 0.1) is 11.8 Å². The third kappa shape index (κ3) is 7.81. The maximum atomic E-state index is 12.9. The van der Waals surface area contributed by atoms with Gasteiger partial charge in [0.05, 0.1) is 6.04 Å². The average Bonchev–Trinajstić information content (AvgIpc) is 3.23. The van der Waals surface area contributed by atoms with Crippen molar-refractivity contribution in [1.29, 1.82) is 0 Å². The first-order valence-corrected chi connectivity index (χ1v) is 12.4. The summed E-state index contributed by atoms with van der Waals surface area (Å²) in [7, 11) is 0. The number of amides is 3. The normalized spacial score (nSPS) is 15.5. The number of carbonyl (C=O) groups excluding carboxylic acids is 3. The summed E-state index contributed by atoms with van der Waals surface area (Å²) < 4.78 is 0. The van der Waals surface area contributed by atoms with Crippen LogP contribution in [0.3, 0.4) is 0 Å². The molecule has 10 nitrogen and oxygen atoms in total. The van der Waals surface area contributed by atoms with Gasteiger partial charge in [0.1, 0.15) is 18.1 Å². The van der Waals surface area contributed by atoms with Crippen molar-refractivity contribution in [3.63, 3.8) is 0 Å². The lowest BCUT2D eigenvalue weighted by molar-refractivity contribution is -0.143. The van der Waals surface area contributed by atoms with Crippen molar-refractivity contribution in [1.82, 2.24) is 20.9 Å². The Balaban J connectivity index is 2.00. The molecule has 1 heterocycles. The van der Waals surface area contributed by atoms with Crippen LogP contribution in [0.4, 0.5) is 0 Å². The number of carbonyl (C=O) groups is 4. The molecule has 1 aromatic heterocycles. The molecule has 2 aromatic rings. The van der Waals surface area contributed by atoms with Crippen LogP contribution in [0.5, 0.6) is 0 Å². The molecule has 0 fully saturated rings. The van der Waals surface area contributed by atoms with E-state index >= 15 is 0 Å². The lowest BCUT2D eigenvalue weighted by Crippen LogP contribution is -2.58. The molecule has 0 radical (unpaired) electrons. The van der Waals surface area contributed by atoms with Gasteiger partial charge in [-0.2, -0.15) is 0 Å². The first kappa shape index (κ1) is 28.8. The number of aromatic amines is 1. The fourth-order valence-corrected chi connectivity index (χ4v) is 3.95. The van der Waals surface area contributed by atoms with Crippen LogP contribution < -0.4 is 21.7 Å². The highest BCUT2D eigenvalue weighted by molar-refractivity contribution is 5.94. The van der Waals surface area contributed by atoms with Crippen LogP contribution in [-0.2, 0) is 25.6 Å². The molecule has 36 heavy (non-hydrogen) atoms. The van der Waals surface area contributed by atoms with Gasteiger partial charge < -0.3 is 31.8 Å². The van der Waals surface area contributed by atoms with Crippen LogP contribution in [0.1, 0.15) is 53.0 Å². The summed E-state index contributed by atoms with van der Waals surface area (Å²) in [4.78, 5) is 53.2. The molecular formula is C26H39N5O5. The summed E-state index contributed by atoms with van der Waals surface area (Å²) in [6.07, 6.45) is 2.95. The number of H-pyrrole nitrogens is 1. The SMILES string of the molecule is CCC(C)C(NC(=O)C(C)NC(=O)C(N)Cc1c[nH]c2ccccc12)C(=O)NC(CC(C)C)C(=O)O. The number of carboxylic acids is 1. The summed E-state index contributed by atoms with van der Waals surface area (Å²) in [6.45, 7) is 8.90. The van der Waals surface area contributed by atoms with E-state index in [1.807, 2.05) is 51.2 Å². The molecule has 0 aliphatic carbocycles. The molecule has 198 valence electrons. The third-order valence-corrected chi connectivity index (χ3v) is 6.32. The molecule has 3 amide bonds. The number of nitrogens with two attached hydrogens (primary N) is 1. The van der Waals surface area contributed by atoms with E-state index in [-0.39, 0.29) is 24.7 Å². The third-order valence-electron chi connectivity index (χ3n) is 6.32. The molecule has 0 aliphatic rings. The van der Waals surface area contributed by atoms with Crippen LogP contribution >= 0.6 is 0 Å². The minimum absolute atomic E-state index is 0.0618. The number of hydrogen-bond donors (Lipinski definition) is 6. The maximum absolute atomic E-state index is 12.9. The predicted molar refractivity (Wildman–Crippen MR) is 138 cm³/mol. The van der Waals surface area contributed by atoms with E-state index in [2.05, 4.69) is 20.9 Å². The molecule has 5 unspecified atom stereocenters. The molecule has 0 saturated carbocycles. The number of aliphatic carboxylic acids is 1. The highest BCUT2D eigenvalue weighted by Gasteiger charge is 2.31. The minimum atomic E-state index is -1.13. The van der Waals surface area contributed by atoms with Crippen molar-refractivity contribution in [3.05, 3.63) is 36.0 Å². The molecular weight excluding hydrogens is 462 g/mol. The second kappa shape index (κ2) is 13.1. The van der Waals surface area contributed by atoms with E-state index in [4.69, 9.17) is 5.73 Å². The number of hydrogen-bond acceptors (Lipinski definition) is 5. The quantitative estimate of drug-likeness (QED) is 0.244. The number of nitrogens with one attached hydrogen (secondary N) is 4. The van der Waals surface area contributed by atoms with Crippen LogP contribution in [0.2, 0.25) is 0 Å². The molecule has 0 saturated heterocycles. The highest BCUT2D eigenvalue weighted by atomic mass is 16.4. The maximum Gasteiger partial charge on any atom is 0.326 e. The molecule has 5 atom stereocenters. The second-order valence-corrected chi connectivity index (χ2v) is 9.80. The van der Waals surface area contributed by atoms with E-state index < -0.39 is 47.9 Å². The van der Waals surface area contributed by atoms with Gasteiger partial charge in [-0.1, -0.05) is 52.3 Å². The zero-order valence-electron chi connectivity index (χ0n) is 21.6. The first-order chi connectivity index (χ1) is 16.9. The van der Waals surface area contributed by atoms with Crippen molar-refractivity contribution < 1.29 is 24.3 Å². The Labute approximate surface area is 211 Å². The van der Waals surface area contributed by atoms with Gasteiger partial charge in [0.2, 0.25) is 17.7 Å². The van der Waals surface area contributed by atoms with Crippen molar-refractivity contribution in [3.8, 4) is 0 Å². The summed E-state index contributed by atoms with van der Waals surface area (Å²) in [5.41, 5.74) is 7.95. The molecule has 1 aromatic carbocycles. The monoisotopic (exact) mass is 501 g/mol. The zero-order valence-corrected chi connectivity index (χ0v) is 21.6. The Morgan fingerprint density at radius 3 is 2.25 bits per heavy atom. The molecule has 10 heteroatoms. The van der Waals surface area contributed by atoms with Gasteiger partial charge in [0, 0.05) is 17.1 Å². The number of benzene rings is 1. The first-order valence-electron chi connectivity index (χ1n) is 12.4. The summed E-state index contributed by atoms with van der Waals surface area (Å²) >= 11 is 0. The van der Waals surface area contributed by atoms with Crippen molar-refractivity contribution in [2.75, 3.05) is 0 Å². The number of para-hydroxylation sites is 1. The highest BCUT2D eigenvalue weighted by Crippen LogP contribution is 2.19. The van der Waals surface area contributed by atoms with Crippen LogP contribution in [-0.4, -0.2) is 57.9 Å². The average molecular weight is 502 g/mol. The van der Waals surface area contributed by atoms with Crippen molar-refractivity contribution >= 4 is 34.6 Å². The smallest absolute Gasteiger partial charge is 0.326 e. The Morgan fingerprint density at radius 2 is 1.64 bits per heavy atom. The topological polar surface area (TPSA) is 166 Å². The Bertz CT molecular complexity index is 1070. The van der Waals surface area contributed by atoms with Gasteiger partial charge in [0.25, 0.3) is 0 Å². The van der Waals surface area contributed by atoms with Crippen molar-refractivity contribution in [2.24, 2.45) is 17.6 Å². The summed E-state index contributed by atoms with van der Waals surface area (Å²) in [5.74, 6) is -2.94. The van der Waals surface area contributed by atoms with E-state index in [1.54, 1.807) is 6.92 Å². The van der Waals surface area contributed by atoms with E-state index in [1.165, 1.54) is 6.92 Å². The van der Waals surface area contributed by atoms with Crippen LogP contribution in [0.25, 0.3) is 10.9 Å². The van der Waals surface area contributed by atoms with Gasteiger partial charge in [-0.05, 0) is 43.2 Å². The molecule has 7 N–H and O–H groups in total. The van der Waals surface area contributed by atoms with Gasteiger partial charge in [-0.25, -0.2) is 4.79 Å². The zero-order chi connectivity index (χ0) is 27.0. The number of aromatic nitrogens is 1. The van der Waals surface area contributed by atoms with Gasteiger partial charge in [-0.3, -0.25) is 14.4 Å². The number of carboxylic acid groups (broad SMARTS) is 1. The number of fused-ring (bicyclic) bond motifs is 1. The molecule has 0 bridgehead atoms. The molecule has 2 rings (SSSR count). The van der Waals surface area contributed by atoms with Crippen LogP contribution in [0.15, 0.2) is 30.5 Å². The van der Waals surface area contributed by atoms with Gasteiger partial charge in [0.15, 0.2) is 0 Å². The van der Waals surface area contributed by atoms with E-state index in [9.17, 15) is 24.3 Å². The largest absolute Gasteiger partial charge is 0.480 e. The number of rotatable bonds is 13. The molecule has 0 aliphatic heterocycles.